The zero-order chi connectivity index (χ0) is 13.0. The van der Waals surface area contributed by atoms with Crippen LogP contribution >= 0.6 is 0 Å². The first kappa shape index (κ1) is 12.0. The predicted molar refractivity (Wildman–Crippen MR) is 67.3 cm³/mol. The summed E-state index contributed by atoms with van der Waals surface area (Å²) in [6.07, 6.45) is 2.69. The Labute approximate surface area is 104 Å². The van der Waals surface area contributed by atoms with Crippen molar-refractivity contribution in [1.82, 2.24) is 9.97 Å². The Kier molecular flexibility index (Phi) is 3.52. The van der Waals surface area contributed by atoms with E-state index in [1.54, 1.807) is 0 Å². The molecule has 0 bridgehead atoms. The average Bonchev–Trinajstić information content (AvgIpc) is 2.37. The third kappa shape index (κ3) is 2.82. The third-order valence-electron chi connectivity index (χ3n) is 2.58. The van der Waals surface area contributed by atoms with Crippen LogP contribution in [-0.4, -0.2) is 21.0 Å². The van der Waals surface area contributed by atoms with Gasteiger partial charge < -0.3 is 10.8 Å². The fourth-order valence-electron chi connectivity index (χ4n) is 1.62. The molecule has 3 N–H and O–H groups in total. The van der Waals surface area contributed by atoms with Gasteiger partial charge in [-0.05, 0) is 12.0 Å². The van der Waals surface area contributed by atoms with Crippen LogP contribution in [0.3, 0.4) is 0 Å². The summed E-state index contributed by atoms with van der Waals surface area (Å²) in [7, 11) is 0. The second-order valence-electron chi connectivity index (χ2n) is 3.88. The molecule has 0 saturated heterocycles. The molecule has 92 valence electrons. The number of nitrogens with two attached hydrogens (primary N) is 1. The summed E-state index contributed by atoms with van der Waals surface area (Å²) in [6.45, 7) is 0. The number of carbonyl (C=O) groups is 1. The van der Waals surface area contributed by atoms with E-state index in [9.17, 15) is 4.79 Å². The van der Waals surface area contributed by atoms with Gasteiger partial charge >= 0.3 is 5.97 Å². The number of aryl methyl sites for hydroxylation is 2. The summed E-state index contributed by atoms with van der Waals surface area (Å²) in [6, 6.07) is 9.94. The van der Waals surface area contributed by atoms with E-state index in [4.69, 9.17) is 10.8 Å². The molecular weight excluding hydrogens is 230 g/mol. The highest BCUT2D eigenvalue weighted by molar-refractivity contribution is 5.92. The second kappa shape index (κ2) is 5.27. The maximum absolute atomic E-state index is 10.8. The minimum absolute atomic E-state index is 0.0144. The summed E-state index contributed by atoms with van der Waals surface area (Å²) < 4.78 is 0. The van der Waals surface area contributed by atoms with E-state index in [0.717, 1.165) is 6.42 Å². The van der Waals surface area contributed by atoms with Gasteiger partial charge in [-0.1, -0.05) is 30.3 Å². The molecule has 5 nitrogen and oxygen atoms in total. The number of nitrogen functional groups attached to an aromatic ring is 1. The van der Waals surface area contributed by atoms with Crippen LogP contribution in [0.1, 0.15) is 21.7 Å². The molecule has 1 aromatic carbocycles. The van der Waals surface area contributed by atoms with E-state index in [-0.39, 0.29) is 11.4 Å². The van der Waals surface area contributed by atoms with Gasteiger partial charge in [0, 0.05) is 12.6 Å². The number of nitrogens with zero attached hydrogens (tertiary/aromatic N) is 2. The Morgan fingerprint density at radius 3 is 2.56 bits per heavy atom. The van der Waals surface area contributed by atoms with Crippen molar-refractivity contribution in [2.24, 2.45) is 0 Å². The van der Waals surface area contributed by atoms with Crippen molar-refractivity contribution in [3.05, 3.63) is 53.5 Å². The van der Waals surface area contributed by atoms with Crippen molar-refractivity contribution in [3.63, 3.8) is 0 Å². The van der Waals surface area contributed by atoms with Gasteiger partial charge in [0.05, 0.1) is 0 Å². The second-order valence-corrected chi connectivity index (χ2v) is 3.88. The molecular formula is C13H13N3O2. The summed E-state index contributed by atoms with van der Waals surface area (Å²) in [4.78, 5) is 18.8. The van der Waals surface area contributed by atoms with Gasteiger partial charge in [0.15, 0.2) is 0 Å². The van der Waals surface area contributed by atoms with Crippen molar-refractivity contribution in [2.45, 2.75) is 12.8 Å². The number of carboxylic acids is 1. The molecule has 0 unspecified atom stereocenters. The quantitative estimate of drug-likeness (QED) is 0.850. The van der Waals surface area contributed by atoms with Crippen molar-refractivity contribution in [3.8, 4) is 0 Å². The molecule has 18 heavy (non-hydrogen) atoms. The number of rotatable bonds is 4. The molecule has 0 saturated carbocycles. The van der Waals surface area contributed by atoms with Crippen LogP contribution in [0.4, 0.5) is 5.82 Å². The van der Waals surface area contributed by atoms with Crippen molar-refractivity contribution in [1.29, 1.82) is 0 Å². The molecule has 0 fully saturated rings. The van der Waals surface area contributed by atoms with Crippen molar-refractivity contribution in [2.75, 3.05) is 5.73 Å². The molecule has 5 heteroatoms. The number of benzene rings is 1. The van der Waals surface area contributed by atoms with Gasteiger partial charge in [-0.2, -0.15) is 0 Å². The van der Waals surface area contributed by atoms with Crippen LogP contribution in [0.5, 0.6) is 0 Å². The number of hydrogen-bond acceptors (Lipinski definition) is 4. The Morgan fingerprint density at radius 2 is 1.94 bits per heavy atom. The molecule has 2 rings (SSSR count). The maximum Gasteiger partial charge on any atom is 0.341 e. The number of carboxylic acid groups (broad SMARTS) is 1. The molecule has 0 aliphatic rings. The van der Waals surface area contributed by atoms with Gasteiger partial charge in [-0.3, -0.25) is 0 Å². The molecule has 0 aliphatic carbocycles. The first-order chi connectivity index (χ1) is 8.66. The van der Waals surface area contributed by atoms with Crippen LogP contribution in [0.2, 0.25) is 0 Å². The van der Waals surface area contributed by atoms with Crippen LogP contribution in [0.25, 0.3) is 0 Å². The van der Waals surface area contributed by atoms with Crippen LogP contribution in [0.15, 0.2) is 36.5 Å². The Bertz CT molecular complexity index is 555. The normalized spacial score (nSPS) is 10.2. The lowest BCUT2D eigenvalue weighted by Crippen LogP contribution is -2.08. The minimum atomic E-state index is -1.11. The van der Waals surface area contributed by atoms with Crippen LogP contribution in [0, 0.1) is 0 Å². The van der Waals surface area contributed by atoms with E-state index in [0.29, 0.717) is 12.2 Å². The SMILES string of the molecule is Nc1nc(CCc2ccccc2)ncc1C(=O)O. The van der Waals surface area contributed by atoms with E-state index in [1.807, 2.05) is 30.3 Å². The van der Waals surface area contributed by atoms with Gasteiger partial charge in [-0.25, -0.2) is 14.8 Å². The number of hydrogen-bond donors (Lipinski definition) is 2. The Balaban J connectivity index is 2.07. The number of anilines is 1. The number of aromatic carboxylic acids is 1. The van der Waals surface area contributed by atoms with Gasteiger partial charge in [0.2, 0.25) is 0 Å². The van der Waals surface area contributed by atoms with Crippen LogP contribution < -0.4 is 5.73 Å². The van der Waals surface area contributed by atoms with Crippen LogP contribution in [-0.2, 0) is 12.8 Å². The zero-order valence-electron chi connectivity index (χ0n) is 9.71. The summed E-state index contributed by atoms with van der Waals surface area (Å²) >= 11 is 0. The highest BCUT2D eigenvalue weighted by Crippen LogP contribution is 2.09. The molecule has 1 aromatic heterocycles. The average molecular weight is 243 g/mol. The molecule has 0 radical (unpaired) electrons. The molecule has 2 aromatic rings. The third-order valence-corrected chi connectivity index (χ3v) is 2.58. The van der Waals surface area contributed by atoms with Gasteiger partial charge in [-0.15, -0.1) is 0 Å². The fourth-order valence-corrected chi connectivity index (χ4v) is 1.62. The van der Waals surface area contributed by atoms with Crippen molar-refractivity contribution < 1.29 is 9.90 Å². The Morgan fingerprint density at radius 1 is 1.22 bits per heavy atom. The minimum Gasteiger partial charge on any atom is -0.477 e. The monoisotopic (exact) mass is 243 g/mol. The van der Waals surface area contributed by atoms with E-state index in [2.05, 4.69) is 9.97 Å². The topological polar surface area (TPSA) is 89.1 Å². The first-order valence-electron chi connectivity index (χ1n) is 5.55. The highest BCUT2D eigenvalue weighted by atomic mass is 16.4. The summed E-state index contributed by atoms with van der Waals surface area (Å²) in [5, 5.41) is 8.80. The molecule has 0 spiro atoms. The summed E-state index contributed by atoms with van der Waals surface area (Å²) in [5.74, 6) is -0.538. The molecule has 1 heterocycles. The highest BCUT2D eigenvalue weighted by Gasteiger charge is 2.10. The number of aromatic nitrogens is 2. The lowest BCUT2D eigenvalue weighted by molar-refractivity contribution is 0.0697. The molecule has 0 atom stereocenters. The summed E-state index contributed by atoms with van der Waals surface area (Å²) in [5.41, 5.74) is 6.68. The Hall–Kier alpha value is -2.43. The lowest BCUT2D eigenvalue weighted by Gasteiger charge is -2.03. The molecule has 0 amide bonds. The van der Waals surface area contributed by atoms with E-state index < -0.39 is 5.97 Å². The smallest absolute Gasteiger partial charge is 0.341 e. The van der Waals surface area contributed by atoms with Crippen molar-refractivity contribution >= 4 is 11.8 Å². The van der Waals surface area contributed by atoms with Gasteiger partial charge in [0.1, 0.15) is 17.2 Å². The fraction of sp³-hybridized carbons (Fsp3) is 0.154. The zero-order valence-corrected chi connectivity index (χ0v) is 9.71. The van der Waals surface area contributed by atoms with E-state index in [1.165, 1.54) is 11.8 Å². The molecule has 0 aliphatic heterocycles. The predicted octanol–water partition coefficient (Wildman–Crippen LogP) is 1.54. The standard InChI is InChI=1S/C13H13N3O2/c14-12-10(13(17)18)8-15-11(16-12)7-6-9-4-2-1-3-5-9/h1-5,8H,6-7H2,(H,17,18)(H2,14,15,16). The van der Waals surface area contributed by atoms with Gasteiger partial charge in [0.25, 0.3) is 0 Å². The maximum atomic E-state index is 10.8. The largest absolute Gasteiger partial charge is 0.477 e. The lowest BCUT2D eigenvalue weighted by atomic mass is 10.1. The first-order valence-corrected chi connectivity index (χ1v) is 5.55. The van der Waals surface area contributed by atoms with E-state index >= 15 is 0 Å².